The molecule has 2 heterocycles. The number of hydrogen-bond acceptors (Lipinski definition) is 14. The third-order valence-electron chi connectivity index (χ3n) is 16.2. The molecule has 0 bridgehead atoms. The van der Waals surface area contributed by atoms with Crippen LogP contribution in [0, 0.1) is 46.3 Å². The molecule has 14 heteroatoms. The number of hydrogen-bond donors (Lipinski definition) is 5. The predicted molar refractivity (Wildman–Crippen MR) is 232 cm³/mol. The minimum Gasteiger partial charge on any atom is -0.497 e. The highest BCUT2D eigenvalue weighted by Gasteiger charge is 2.63. The van der Waals surface area contributed by atoms with Crippen LogP contribution in [0.3, 0.4) is 0 Å². The SMILES string of the molecule is CCNC[C@H](C)CCC[C@@H](C)[C@H]1[C@@H](O[C@@H]2OC[C@H](O)[C@H](O[C@@H]3OC[C@@H](O)[C@H](O)[C@H]3OC(=O)c3ccc(OC)cc3)[C@H]2OC(C)=O)CC2C3CC=C4C[C@@H](O)CC[C@]4(C)C3CC[C@@]21C. The fourth-order valence-electron chi connectivity index (χ4n) is 12.9. The molecule has 14 nitrogen and oxygen atoms in total. The summed E-state index contributed by atoms with van der Waals surface area (Å²) in [6.45, 7) is 14.4. The Bertz CT molecular complexity index is 1730. The highest BCUT2D eigenvalue weighted by atomic mass is 16.7. The molecule has 4 aliphatic carbocycles. The first-order valence-electron chi connectivity index (χ1n) is 23.8. The van der Waals surface area contributed by atoms with Crippen LogP contribution in [0.25, 0.3) is 0 Å². The van der Waals surface area contributed by atoms with E-state index in [1.165, 1.54) is 31.7 Å². The first-order chi connectivity index (χ1) is 30.1. The number of esters is 2. The van der Waals surface area contributed by atoms with Gasteiger partial charge in [-0.25, -0.2) is 4.79 Å². The number of nitrogens with one attached hydrogen (secondary N) is 1. The number of allylic oxidation sites excluding steroid dienone is 1. The quantitative estimate of drug-likeness (QED) is 0.106. The van der Waals surface area contributed by atoms with Gasteiger partial charge in [-0.05, 0) is 135 Å². The zero-order valence-corrected chi connectivity index (χ0v) is 38.5. The Kier molecular flexibility index (Phi) is 15.7. The number of benzene rings is 1. The molecule has 1 aromatic rings. The molecule has 1 aromatic carbocycles. The lowest BCUT2D eigenvalue weighted by Gasteiger charge is -2.58. The standard InChI is InChI=1S/C49H75NO13/c1-8-50-24-27(2)10-9-11-28(3)40-39(23-36-34-17-14-31-22-32(52)18-20-48(31,5)35(34)19-21-49(36,40)6)61-47-44(60-29(4)51)42(38(54)26-59-47)63-46-43(41(55)37(53)25-58-46)62-45(56)30-12-15-33(57-7)16-13-30/h12-16,27-28,32,34-44,46-47,50,52-55H,8-11,17-26H2,1-7H3/t27-,28-,32+,34?,35?,36?,37-,38+,39+,40+,41+,42+,43-,44-,46+,47+,48+,49+/m1/s1. The van der Waals surface area contributed by atoms with Crippen LogP contribution in [0.1, 0.15) is 116 Å². The van der Waals surface area contributed by atoms with E-state index in [2.05, 4.69) is 46.0 Å². The van der Waals surface area contributed by atoms with Gasteiger partial charge in [0, 0.05) is 6.92 Å². The lowest BCUT2D eigenvalue weighted by molar-refractivity contribution is -0.340. The molecule has 6 aliphatic rings. The minimum absolute atomic E-state index is 0.0224. The molecule has 7 rings (SSSR count). The first-order valence-corrected chi connectivity index (χ1v) is 23.8. The number of carbonyl (C=O) groups is 2. The van der Waals surface area contributed by atoms with Crippen molar-refractivity contribution in [3.05, 3.63) is 41.5 Å². The molecule has 63 heavy (non-hydrogen) atoms. The van der Waals surface area contributed by atoms with Crippen LogP contribution in [-0.4, -0.2) is 127 Å². The van der Waals surface area contributed by atoms with E-state index in [9.17, 15) is 30.0 Å². The van der Waals surface area contributed by atoms with Crippen molar-refractivity contribution >= 4 is 11.9 Å². The molecule has 354 valence electrons. The average Bonchev–Trinajstić information content (AvgIpc) is 3.56. The minimum atomic E-state index is -1.59. The maximum absolute atomic E-state index is 13.3. The number of aliphatic hydroxyl groups excluding tert-OH is 4. The fourth-order valence-corrected chi connectivity index (χ4v) is 12.9. The summed E-state index contributed by atoms with van der Waals surface area (Å²) in [5.74, 6) is 1.52. The Hall–Kier alpha value is -2.66. The van der Waals surface area contributed by atoms with Crippen molar-refractivity contribution in [2.45, 2.75) is 167 Å². The van der Waals surface area contributed by atoms with Crippen molar-refractivity contribution in [1.82, 2.24) is 5.32 Å². The van der Waals surface area contributed by atoms with Crippen molar-refractivity contribution < 1.29 is 63.2 Å². The maximum Gasteiger partial charge on any atom is 0.338 e. The smallest absolute Gasteiger partial charge is 0.338 e. The second kappa shape index (κ2) is 20.5. The van der Waals surface area contributed by atoms with E-state index in [0.717, 1.165) is 77.3 Å². The normalized spacial score (nSPS) is 41.0. The third kappa shape index (κ3) is 10.2. The van der Waals surface area contributed by atoms with Gasteiger partial charge < -0.3 is 58.9 Å². The lowest BCUT2D eigenvalue weighted by Crippen LogP contribution is -2.62. The molecular formula is C49H75NO13. The van der Waals surface area contributed by atoms with E-state index in [-0.39, 0.29) is 47.7 Å². The monoisotopic (exact) mass is 886 g/mol. The first kappa shape index (κ1) is 48.3. The second-order valence-electron chi connectivity index (χ2n) is 20.3. The summed E-state index contributed by atoms with van der Waals surface area (Å²) < 4.78 is 42.5. The van der Waals surface area contributed by atoms with E-state index in [0.29, 0.717) is 35.3 Å². The van der Waals surface area contributed by atoms with Gasteiger partial charge in [-0.1, -0.05) is 59.1 Å². The average molecular weight is 886 g/mol. The molecule has 18 atom stereocenters. The van der Waals surface area contributed by atoms with Gasteiger partial charge in [0.2, 0.25) is 0 Å². The van der Waals surface area contributed by atoms with Gasteiger partial charge >= 0.3 is 11.9 Å². The van der Waals surface area contributed by atoms with E-state index < -0.39 is 61.1 Å². The molecule has 0 radical (unpaired) electrons. The summed E-state index contributed by atoms with van der Waals surface area (Å²) in [7, 11) is 1.51. The van der Waals surface area contributed by atoms with Crippen LogP contribution in [0.2, 0.25) is 0 Å². The maximum atomic E-state index is 13.3. The van der Waals surface area contributed by atoms with E-state index >= 15 is 0 Å². The largest absolute Gasteiger partial charge is 0.497 e. The summed E-state index contributed by atoms with van der Waals surface area (Å²) in [5, 5.41) is 47.3. The Morgan fingerprint density at radius 3 is 2.30 bits per heavy atom. The summed E-state index contributed by atoms with van der Waals surface area (Å²) in [6.07, 6.45) is 0.894. The van der Waals surface area contributed by atoms with Gasteiger partial charge in [0.15, 0.2) is 24.8 Å². The van der Waals surface area contributed by atoms with Crippen LogP contribution in [0.5, 0.6) is 5.75 Å². The second-order valence-corrected chi connectivity index (χ2v) is 20.3. The summed E-state index contributed by atoms with van der Waals surface area (Å²) in [4.78, 5) is 26.2. The van der Waals surface area contributed by atoms with E-state index in [4.69, 9.17) is 33.2 Å². The molecular weight excluding hydrogens is 811 g/mol. The predicted octanol–water partition coefficient (Wildman–Crippen LogP) is 5.32. The Balaban J connectivity index is 1.14. The van der Waals surface area contributed by atoms with Crippen molar-refractivity contribution in [3.63, 3.8) is 0 Å². The van der Waals surface area contributed by atoms with Crippen LogP contribution in [-0.2, 0) is 33.2 Å². The van der Waals surface area contributed by atoms with Crippen molar-refractivity contribution in [3.8, 4) is 5.75 Å². The van der Waals surface area contributed by atoms with Crippen LogP contribution in [0.4, 0.5) is 0 Å². The van der Waals surface area contributed by atoms with E-state index in [1.807, 2.05) is 0 Å². The number of methoxy groups -OCH3 is 1. The molecule has 5 N–H and O–H groups in total. The summed E-state index contributed by atoms with van der Waals surface area (Å²) >= 11 is 0. The van der Waals surface area contributed by atoms with Crippen LogP contribution in [0.15, 0.2) is 35.9 Å². The van der Waals surface area contributed by atoms with Crippen LogP contribution >= 0.6 is 0 Å². The Morgan fingerprint density at radius 1 is 0.889 bits per heavy atom. The molecule has 5 fully saturated rings. The molecule has 0 aromatic heterocycles. The van der Waals surface area contributed by atoms with Crippen molar-refractivity contribution in [1.29, 1.82) is 0 Å². The topological polar surface area (TPSA) is 192 Å². The number of rotatable bonds is 16. The molecule has 3 saturated carbocycles. The van der Waals surface area contributed by atoms with Crippen LogP contribution < -0.4 is 10.1 Å². The summed E-state index contributed by atoms with van der Waals surface area (Å²) in [5.41, 5.74) is 1.65. The Labute approximate surface area is 373 Å². The lowest BCUT2D eigenvalue weighted by atomic mass is 9.47. The van der Waals surface area contributed by atoms with Crippen molar-refractivity contribution in [2.75, 3.05) is 33.4 Å². The molecule has 2 saturated heterocycles. The van der Waals surface area contributed by atoms with Gasteiger partial charge in [-0.2, -0.15) is 0 Å². The molecule has 2 aliphatic heterocycles. The van der Waals surface area contributed by atoms with E-state index in [1.54, 1.807) is 12.1 Å². The zero-order valence-electron chi connectivity index (χ0n) is 38.5. The highest BCUT2D eigenvalue weighted by molar-refractivity contribution is 5.89. The number of carbonyl (C=O) groups excluding carboxylic acids is 2. The molecule has 0 amide bonds. The summed E-state index contributed by atoms with van der Waals surface area (Å²) in [6, 6.07) is 6.20. The fraction of sp³-hybridized carbons (Fsp3) is 0.796. The number of fused-ring (bicyclic) bond motifs is 5. The number of ether oxygens (including phenoxy) is 7. The molecule has 3 unspecified atom stereocenters. The zero-order chi connectivity index (χ0) is 45.2. The Morgan fingerprint density at radius 2 is 1.60 bits per heavy atom. The van der Waals surface area contributed by atoms with Gasteiger partial charge in [0.05, 0.1) is 38.1 Å². The van der Waals surface area contributed by atoms with Gasteiger partial charge in [-0.3, -0.25) is 4.79 Å². The van der Waals surface area contributed by atoms with Gasteiger partial charge in [0.25, 0.3) is 0 Å². The van der Waals surface area contributed by atoms with Gasteiger partial charge in [0.1, 0.15) is 30.2 Å². The van der Waals surface area contributed by atoms with Crippen molar-refractivity contribution in [2.24, 2.45) is 46.3 Å². The van der Waals surface area contributed by atoms with Gasteiger partial charge in [-0.15, -0.1) is 0 Å². The number of aliphatic hydroxyl groups is 4. The third-order valence-corrected chi connectivity index (χ3v) is 16.2. The highest BCUT2D eigenvalue weighted by Crippen LogP contribution is 2.68. The molecule has 0 spiro atoms.